The van der Waals surface area contributed by atoms with Crippen LogP contribution in [0.4, 0.5) is 0 Å². The largest absolute Gasteiger partial charge is 0.488 e. The normalized spacial score (nSPS) is 11.4. The van der Waals surface area contributed by atoms with Crippen molar-refractivity contribution in [1.82, 2.24) is 20.1 Å². The minimum atomic E-state index is -1.17. The van der Waals surface area contributed by atoms with Crippen LogP contribution in [0.5, 0.6) is 17.2 Å². The zero-order valence-corrected chi connectivity index (χ0v) is 26.6. The second kappa shape index (κ2) is 14.6. The number of para-hydroxylation sites is 2. The minimum Gasteiger partial charge on any atom is -0.488 e. The molecule has 0 aliphatic heterocycles. The molecule has 234 valence electrons. The number of benzene rings is 5. The van der Waals surface area contributed by atoms with E-state index in [0.717, 1.165) is 33.7 Å². The Labute approximate surface area is 279 Å². The van der Waals surface area contributed by atoms with E-state index in [1.165, 1.54) is 6.33 Å². The molecule has 6 rings (SSSR count). The van der Waals surface area contributed by atoms with Gasteiger partial charge in [-0.1, -0.05) is 88.7 Å². The number of aliphatic carboxylic acids is 1. The Hall–Kier alpha value is -5.74. The Kier molecular flexibility index (Phi) is 9.69. The van der Waals surface area contributed by atoms with Gasteiger partial charge in [0.2, 0.25) is 0 Å². The van der Waals surface area contributed by atoms with E-state index in [2.05, 4.69) is 31.3 Å². The predicted octanol–water partition coefficient (Wildman–Crippen LogP) is 7.49. The Balaban J connectivity index is 1.13. The van der Waals surface area contributed by atoms with E-state index in [9.17, 15) is 14.7 Å². The Bertz CT molecular complexity index is 1970. The van der Waals surface area contributed by atoms with Crippen molar-refractivity contribution in [2.24, 2.45) is 0 Å². The first-order valence-electron chi connectivity index (χ1n) is 14.7. The van der Waals surface area contributed by atoms with Crippen molar-refractivity contribution in [2.45, 2.75) is 19.1 Å². The van der Waals surface area contributed by atoms with E-state index in [0.29, 0.717) is 16.0 Å². The van der Waals surface area contributed by atoms with Gasteiger partial charge in [-0.25, -0.2) is 14.5 Å². The van der Waals surface area contributed by atoms with Gasteiger partial charge >= 0.3 is 5.97 Å². The van der Waals surface area contributed by atoms with E-state index >= 15 is 0 Å². The number of hydrogen-bond acceptors (Lipinski definition) is 6. The van der Waals surface area contributed by atoms with Crippen LogP contribution in [-0.4, -0.2) is 37.8 Å². The fourth-order valence-corrected chi connectivity index (χ4v) is 5.32. The Morgan fingerprint density at radius 2 is 1.55 bits per heavy atom. The lowest BCUT2D eigenvalue weighted by Gasteiger charge is -2.17. The summed E-state index contributed by atoms with van der Waals surface area (Å²) in [4.78, 5) is 29.7. The number of halogens is 1. The Morgan fingerprint density at radius 1 is 0.830 bits per heavy atom. The van der Waals surface area contributed by atoms with E-state index in [4.69, 9.17) is 9.47 Å². The summed E-state index contributed by atoms with van der Waals surface area (Å²) in [5.41, 5.74) is 4.52. The van der Waals surface area contributed by atoms with Gasteiger partial charge in [-0.3, -0.25) is 4.79 Å². The maximum Gasteiger partial charge on any atom is 0.326 e. The SMILES string of the molecule is O=C(N[C@@H](Cc1ccc(-c2ccccc2Oc2ccccc2)cc1)C(=O)O)c1cc(Br)ccc1OCc1ccc(-n2cncn2)cc1. The number of nitrogens with one attached hydrogen (secondary N) is 1. The van der Waals surface area contributed by atoms with Gasteiger partial charge in [0.25, 0.3) is 5.91 Å². The van der Waals surface area contributed by atoms with Gasteiger partial charge in [-0.15, -0.1) is 0 Å². The first-order chi connectivity index (χ1) is 22.9. The van der Waals surface area contributed by atoms with Crippen molar-refractivity contribution in [3.63, 3.8) is 0 Å². The summed E-state index contributed by atoms with van der Waals surface area (Å²) in [5, 5.41) is 16.8. The lowest BCUT2D eigenvalue weighted by Crippen LogP contribution is -2.42. The van der Waals surface area contributed by atoms with Crippen molar-refractivity contribution in [2.75, 3.05) is 0 Å². The van der Waals surface area contributed by atoms with Gasteiger partial charge in [0, 0.05) is 16.5 Å². The molecule has 10 heteroatoms. The topological polar surface area (TPSA) is 116 Å². The summed E-state index contributed by atoms with van der Waals surface area (Å²) in [6, 6.07) is 36.3. The summed E-state index contributed by atoms with van der Waals surface area (Å²) in [6.07, 6.45) is 3.16. The van der Waals surface area contributed by atoms with Crippen LogP contribution < -0.4 is 14.8 Å². The molecule has 5 aromatic carbocycles. The van der Waals surface area contributed by atoms with E-state index in [1.54, 1.807) is 29.2 Å². The third-order valence-corrected chi connectivity index (χ3v) is 7.86. The van der Waals surface area contributed by atoms with E-state index in [-0.39, 0.29) is 18.6 Å². The third-order valence-electron chi connectivity index (χ3n) is 7.37. The summed E-state index contributed by atoms with van der Waals surface area (Å²) in [5.74, 6) is 0.0651. The molecule has 6 aromatic rings. The molecule has 0 saturated heterocycles. The van der Waals surface area contributed by atoms with Gasteiger partial charge < -0.3 is 19.9 Å². The molecule has 1 heterocycles. The molecule has 1 amide bonds. The maximum absolute atomic E-state index is 13.4. The number of carboxylic acid groups (broad SMARTS) is 1. The second-order valence-corrected chi connectivity index (χ2v) is 11.5. The maximum atomic E-state index is 13.4. The zero-order chi connectivity index (χ0) is 32.6. The number of carbonyl (C=O) groups excluding carboxylic acids is 1. The number of amides is 1. The number of hydrogen-bond donors (Lipinski definition) is 2. The minimum absolute atomic E-state index is 0.0891. The number of aromatic nitrogens is 3. The molecule has 2 N–H and O–H groups in total. The summed E-state index contributed by atoms with van der Waals surface area (Å²) < 4.78 is 14.4. The van der Waals surface area contributed by atoms with E-state index < -0.39 is 17.9 Å². The molecule has 0 saturated carbocycles. The fraction of sp³-hybridized carbons (Fsp3) is 0.0811. The van der Waals surface area contributed by atoms with Crippen molar-refractivity contribution in [3.8, 4) is 34.1 Å². The summed E-state index contributed by atoms with van der Waals surface area (Å²) >= 11 is 3.41. The molecule has 9 nitrogen and oxygen atoms in total. The molecule has 0 unspecified atom stereocenters. The highest BCUT2D eigenvalue weighted by atomic mass is 79.9. The average molecular weight is 690 g/mol. The molecule has 47 heavy (non-hydrogen) atoms. The van der Waals surface area contributed by atoms with Crippen molar-refractivity contribution >= 4 is 27.8 Å². The lowest BCUT2D eigenvalue weighted by molar-refractivity contribution is -0.139. The highest BCUT2D eigenvalue weighted by Crippen LogP contribution is 2.33. The lowest BCUT2D eigenvalue weighted by atomic mass is 9.99. The fourth-order valence-electron chi connectivity index (χ4n) is 4.95. The van der Waals surface area contributed by atoms with Crippen LogP contribution in [0.3, 0.4) is 0 Å². The Morgan fingerprint density at radius 3 is 2.28 bits per heavy atom. The van der Waals surface area contributed by atoms with Crippen LogP contribution in [-0.2, 0) is 17.8 Å². The first kappa shape index (κ1) is 31.3. The van der Waals surface area contributed by atoms with Gasteiger partial charge in [-0.05, 0) is 65.2 Å². The average Bonchev–Trinajstić information content (AvgIpc) is 3.64. The van der Waals surface area contributed by atoms with Crippen LogP contribution in [0, 0.1) is 0 Å². The van der Waals surface area contributed by atoms with Crippen LogP contribution in [0.25, 0.3) is 16.8 Å². The van der Waals surface area contributed by atoms with Gasteiger partial charge in [-0.2, -0.15) is 5.10 Å². The summed E-state index contributed by atoms with van der Waals surface area (Å²) in [6.45, 7) is 0.202. The molecule has 1 aromatic heterocycles. The number of ether oxygens (including phenoxy) is 2. The van der Waals surface area contributed by atoms with Crippen molar-refractivity contribution < 1.29 is 24.2 Å². The standard InChI is InChI=1S/C37H29BrN4O5/c38-28-16-19-34(46-22-26-12-17-29(18-13-26)42-24-39-23-40-42)32(21-28)36(43)41-33(37(44)45)20-25-10-14-27(15-11-25)31-8-4-5-9-35(31)47-30-6-2-1-3-7-30/h1-19,21,23-24,33H,20,22H2,(H,41,43)(H,44,45)/t33-/m0/s1. The highest BCUT2D eigenvalue weighted by molar-refractivity contribution is 9.10. The first-order valence-corrected chi connectivity index (χ1v) is 15.5. The van der Waals surface area contributed by atoms with Crippen LogP contribution in [0.1, 0.15) is 21.5 Å². The summed E-state index contributed by atoms with van der Waals surface area (Å²) in [7, 11) is 0. The van der Waals surface area contributed by atoms with Crippen LogP contribution >= 0.6 is 15.9 Å². The third kappa shape index (κ3) is 7.92. The molecule has 1 atom stereocenters. The number of rotatable bonds is 12. The van der Waals surface area contributed by atoms with E-state index in [1.807, 2.05) is 103 Å². The van der Waals surface area contributed by atoms with Gasteiger partial charge in [0.15, 0.2) is 0 Å². The second-order valence-electron chi connectivity index (χ2n) is 10.6. The van der Waals surface area contributed by atoms with Crippen molar-refractivity contribution in [3.05, 3.63) is 155 Å². The zero-order valence-electron chi connectivity index (χ0n) is 25.0. The van der Waals surface area contributed by atoms with Crippen molar-refractivity contribution in [1.29, 1.82) is 0 Å². The monoisotopic (exact) mass is 688 g/mol. The molecule has 0 fully saturated rings. The number of nitrogens with zero attached hydrogens (tertiary/aromatic N) is 3. The molecule has 0 aliphatic carbocycles. The molecule has 0 bridgehead atoms. The van der Waals surface area contributed by atoms with Crippen LogP contribution in [0.15, 0.2) is 138 Å². The van der Waals surface area contributed by atoms with Gasteiger partial charge in [0.1, 0.15) is 42.6 Å². The molecule has 0 aliphatic rings. The number of carboxylic acids is 1. The van der Waals surface area contributed by atoms with Gasteiger partial charge in [0.05, 0.1) is 11.3 Å². The molecule has 0 radical (unpaired) electrons. The highest BCUT2D eigenvalue weighted by Gasteiger charge is 2.23. The smallest absolute Gasteiger partial charge is 0.326 e. The molecular formula is C37H29BrN4O5. The molecular weight excluding hydrogens is 660 g/mol. The predicted molar refractivity (Wildman–Crippen MR) is 181 cm³/mol. The quantitative estimate of drug-likeness (QED) is 0.137. The number of carbonyl (C=O) groups is 2. The molecule has 0 spiro atoms. The van der Waals surface area contributed by atoms with Crippen LogP contribution in [0.2, 0.25) is 0 Å².